The number of carbonyl (C=O) groups is 1. The highest BCUT2D eigenvalue weighted by molar-refractivity contribution is 5.89. The number of aliphatic hydroxyl groups is 1. The fourth-order valence-electron chi connectivity index (χ4n) is 4.59. The number of anilines is 1. The van der Waals surface area contributed by atoms with Gasteiger partial charge in [0.15, 0.2) is 0 Å². The molecule has 140 valence electrons. The monoisotopic (exact) mass is 366 g/mol. The van der Waals surface area contributed by atoms with E-state index in [0.29, 0.717) is 19.5 Å². The molecule has 0 spiro atoms. The lowest BCUT2D eigenvalue weighted by Gasteiger charge is -2.51. The molecule has 1 aliphatic carbocycles. The van der Waals surface area contributed by atoms with Crippen molar-refractivity contribution in [2.75, 3.05) is 18.0 Å². The van der Waals surface area contributed by atoms with E-state index in [1.807, 2.05) is 41.3 Å². The normalized spacial score (nSPS) is 30.2. The highest BCUT2D eigenvalue weighted by Crippen LogP contribution is 2.47. The van der Waals surface area contributed by atoms with Crippen LogP contribution in [0.5, 0.6) is 0 Å². The summed E-state index contributed by atoms with van der Waals surface area (Å²) in [4.78, 5) is 25.8. The molecule has 1 saturated heterocycles. The molecule has 2 aromatic rings. The van der Waals surface area contributed by atoms with Crippen molar-refractivity contribution in [3.63, 3.8) is 0 Å². The predicted octanol–water partition coefficient (Wildman–Crippen LogP) is 3.15. The molecule has 6 nitrogen and oxygen atoms in total. The third-order valence-corrected chi connectivity index (χ3v) is 6.03. The molecule has 0 amide bonds. The van der Waals surface area contributed by atoms with Crippen molar-refractivity contribution in [3.05, 3.63) is 70.3 Å². The molecule has 2 bridgehead atoms. The SMILES string of the molecule is CC1(O)CC(c2ccccc2)C2CN(c3cccc([N+](=O)[O-])c3)CC1C2=O. The first-order chi connectivity index (χ1) is 12.9. The smallest absolute Gasteiger partial charge is 0.271 e. The van der Waals surface area contributed by atoms with Crippen molar-refractivity contribution in [1.29, 1.82) is 0 Å². The quantitative estimate of drug-likeness (QED) is 0.666. The fraction of sp³-hybridized carbons (Fsp3) is 0.381. The van der Waals surface area contributed by atoms with Crippen LogP contribution in [-0.2, 0) is 4.79 Å². The van der Waals surface area contributed by atoms with Crippen molar-refractivity contribution >= 4 is 17.2 Å². The summed E-state index contributed by atoms with van der Waals surface area (Å²) in [6, 6.07) is 16.3. The number of non-ortho nitro benzene ring substituents is 1. The maximum Gasteiger partial charge on any atom is 0.271 e. The molecular weight excluding hydrogens is 344 g/mol. The molecule has 2 fully saturated rings. The van der Waals surface area contributed by atoms with Crippen LogP contribution >= 0.6 is 0 Å². The van der Waals surface area contributed by atoms with Gasteiger partial charge in [0.25, 0.3) is 5.69 Å². The average molecular weight is 366 g/mol. The van der Waals surface area contributed by atoms with Gasteiger partial charge in [0.05, 0.1) is 16.4 Å². The maximum absolute atomic E-state index is 13.1. The van der Waals surface area contributed by atoms with Gasteiger partial charge in [0, 0.05) is 36.8 Å². The molecule has 27 heavy (non-hydrogen) atoms. The van der Waals surface area contributed by atoms with Crippen molar-refractivity contribution in [3.8, 4) is 0 Å². The van der Waals surface area contributed by atoms with Gasteiger partial charge in [-0.15, -0.1) is 0 Å². The minimum absolute atomic E-state index is 0.0286. The standard InChI is InChI=1S/C21H22N2O4/c1-21(25)11-17(14-6-3-2-4-7-14)18-12-22(13-19(21)20(18)24)15-8-5-9-16(10-15)23(26)27/h2-10,17-19,25H,11-13H2,1H3. The second kappa shape index (κ2) is 6.46. The van der Waals surface area contributed by atoms with Crippen LogP contribution in [0.15, 0.2) is 54.6 Å². The van der Waals surface area contributed by atoms with Gasteiger partial charge in [-0.1, -0.05) is 36.4 Å². The van der Waals surface area contributed by atoms with Crippen LogP contribution in [0, 0.1) is 22.0 Å². The summed E-state index contributed by atoms with van der Waals surface area (Å²) < 4.78 is 0. The number of Topliss-reactive ketones (excluding diaryl/α,β-unsaturated/α-hetero) is 1. The van der Waals surface area contributed by atoms with Crippen LogP contribution in [0.3, 0.4) is 0 Å². The summed E-state index contributed by atoms with van der Waals surface area (Å²) in [6.07, 6.45) is 0.543. The molecule has 1 heterocycles. The predicted molar refractivity (Wildman–Crippen MR) is 102 cm³/mol. The van der Waals surface area contributed by atoms with Gasteiger partial charge in [-0.2, -0.15) is 0 Å². The number of hydrogen-bond donors (Lipinski definition) is 1. The Balaban J connectivity index is 1.71. The largest absolute Gasteiger partial charge is 0.389 e. The zero-order valence-corrected chi connectivity index (χ0v) is 15.1. The van der Waals surface area contributed by atoms with E-state index >= 15 is 0 Å². The van der Waals surface area contributed by atoms with Gasteiger partial charge >= 0.3 is 0 Å². The molecule has 0 aromatic heterocycles. The Kier molecular flexibility index (Phi) is 4.23. The topological polar surface area (TPSA) is 83.7 Å². The average Bonchev–Trinajstić information content (AvgIpc) is 2.66. The minimum Gasteiger partial charge on any atom is -0.389 e. The highest BCUT2D eigenvalue weighted by Gasteiger charge is 2.53. The lowest BCUT2D eigenvalue weighted by molar-refractivity contribution is -0.384. The first-order valence-corrected chi connectivity index (χ1v) is 9.17. The van der Waals surface area contributed by atoms with Crippen LogP contribution in [0.25, 0.3) is 0 Å². The third-order valence-electron chi connectivity index (χ3n) is 6.03. The summed E-state index contributed by atoms with van der Waals surface area (Å²) in [5, 5.41) is 22.2. The van der Waals surface area contributed by atoms with Gasteiger partial charge in [-0.05, 0) is 30.9 Å². The van der Waals surface area contributed by atoms with E-state index in [4.69, 9.17) is 0 Å². The molecular formula is C21H22N2O4. The van der Waals surface area contributed by atoms with E-state index in [-0.39, 0.29) is 23.3 Å². The number of fused-ring (bicyclic) bond motifs is 2. The van der Waals surface area contributed by atoms with Crippen LogP contribution in [-0.4, -0.2) is 34.5 Å². The summed E-state index contributed by atoms with van der Waals surface area (Å²) in [5.74, 6) is -0.686. The second-order valence-corrected chi connectivity index (χ2v) is 7.82. The summed E-state index contributed by atoms with van der Waals surface area (Å²) in [5.41, 5.74) is 0.695. The Bertz CT molecular complexity index is 881. The molecule has 4 rings (SSSR count). The summed E-state index contributed by atoms with van der Waals surface area (Å²) in [6.45, 7) is 2.62. The second-order valence-electron chi connectivity index (χ2n) is 7.82. The third kappa shape index (κ3) is 3.10. The summed E-state index contributed by atoms with van der Waals surface area (Å²) >= 11 is 0. The number of rotatable bonds is 3. The Labute approximate surface area is 157 Å². The van der Waals surface area contributed by atoms with E-state index < -0.39 is 16.4 Å². The zero-order valence-electron chi connectivity index (χ0n) is 15.1. The lowest BCUT2D eigenvalue weighted by atomic mass is 9.61. The van der Waals surface area contributed by atoms with Crippen molar-refractivity contribution in [1.82, 2.24) is 0 Å². The van der Waals surface area contributed by atoms with Crippen LogP contribution in [0.1, 0.15) is 24.8 Å². The molecule has 1 aliphatic heterocycles. The maximum atomic E-state index is 13.1. The van der Waals surface area contributed by atoms with Crippen molar-refractivity contribution in [2.24, 2.45) is 11.8 Å². The van der Waals surface area contributed by atoms with Gasteiger partial charge in [-0.25, -0.2) is 0 Å². The molecule has 4 unspecified atom stereocenters. The number of nitrogens with zero attached hydrogens (tertiary/aromatic N) is 2. The number of benzene rings is 2. The van der Waals surface area contributed by atoms with E-state index in [0.717, 1.165) is 11.3 Å². The molecule has 1 N–H and O–H groups in total. The molecule has 6 heteroatoms. The Morgan fingerprint density at radius 2 is 1.85 bits per heavy atom. The molecule has 0 radical (unpaired) electrons. The number of ketones is 1. The van der Waals surface area contributed by atoms with Gasteiger partial charge in [-0.3, -0.25) is 14.9 Å². The molecule has 1 saturated carbocycles. The highest BCUT2D eigenvalue weighted by atomic mass is 16.6. The molecule has 2 aromatic carbocycles. The number of hydrogen-bond acceptors (Lipinski definition) is 5. The first-order valence-electron chi connectivity index (χ1n) is 9.17. The first kappa shape index (κ1) is 17.7. The fourth-order valence-corrected chi connectivity index (χ4v) is 4.59. The van der Waals surface area contributed by atoms with E-state index in [1.165, 1.54) is 12.1 Å². The Hall–Kier alpha value is -2.73. The van der Waals surface area contributed by atoms with E-state index in [2.05, 4.69) is 0 Å². The summed E-state index contributed by atoms with van der Waals surface area (Å²) in [7, 11) is 0. The molecule has 4 atom stereocenters. The van der Waals surface area contributed by atoms with E-state index in [9.17, 15) is 20.0 Å². The van der Waals surface area contributed by atoms with Gasteiger partial charge < -0.3 is 10.0 Å². The van der Waals surface area contributed by atoms with Crippen LogP contribution in [0.4, 0.5) is 11.4 Å². The van der Waals surface area contributed by atoms with E-state index in [1.54, 1.807) is 13.0 Å². The number of nitro groups is 1. The van der Waals surface area contributed by atoms with Crippen molar-refractivity contribution < 1.29 is 14.8 Å². The lowest BCUT2D eigenvalue weighted by Crippen LogP contribution is -2.61. The molecule has 2 aliphatic rings. The number of piperidine rings is 1. The van der Waals surface area contributed by atoms with Crippen LogP contribution < -0.4 is 4.90 Å². The van der Waals surface area contributed by atoms with Gasteiger partial charge in [0.2, 0.25) is 0 Å². The van der Waals surface area contributed by atoms with Crippen molar-refractivity contribution in [2.45, 2.75) is 24.9 Å². The number of nitro benzene ring substituents is 1. The Morgan fingerprint density at radius 1 is 1.11 bits per heavy atom. The van der Waals surface area contributed by atoms with Gasteiger partial charge in [0.1, 0.15) is 5.78 Å². The Morgan fingerprint density at radius 3 is 2.56 bits per heavy atom. The zero-order chi connectivity index (χ0) is 19.2. The van der Waals surface area contributed by atoms with Crippen LogP contribution in [0.2, 0.25) is 0 Å². The number of carbonyl (C=O) groups excluding carboxylic acids is 1. The minimum atomic E-state index is -1.10.